The summed E-state index contributed by atoms with van der Waals surface area (Å²) in [6, 6.07) is 19.9. The molecule has 0 unspecified atom stereocenters. The van der Waals surface area contributed by atoms with Crippen molar-refractivity contribution in [1.82, 2.24) is 4.90 Å². The quantitative estimate of drug-likeness (QED) is 0.668. The molecule has 0 spiro atoms. The number of hydrogen-bond donors (Lipinski definition) is 0. The minimum Gasteiger partial charge on any atom is -0.379 e. The van der Waals surface area contributed by atoms with Crippen LogP contribution in [0.2, 0.25) is 0 Å². The van der Waals surface area contributed by atoms with E-state index in [0.29, 0.717) is 0 Å². The van der Waals surface area contributed by atoms with Crippen molar-refractivity contribution < 1.29 is 4.74 Å². The fraction of sp³-hybridized carbons (Fsp3) is 0.333. The average Bonchev–Trinajstić information content (AvgIpc) is 2.63. The molecule has 0 aromatic heterocycles. The molecule has 118 valence electrons. The summed E-state index contributed by atoms with van der Waals surface area (Å²) in [5.74, 6) is 0. The van der Waals surface area contributed by atoms with Gasteiger partial charge < -0.3 is 4.74 Å². The van der Waals surface area contributed by atoms with E-state index in [1.54, 1.807) is 0 Å². The Kier molecular flexibility index (Phi) is 4.27. The third-order valence-electron chi connectivity index (χ3n) is 4.88. The molecule has 1 fully saturated rings. The molecule has 3 aromatic rings. The van der Waals surface area contributed by atoms with Gasteiger partial charge in [0, 0.05) is 13.1 Å². The summed E-state index contributed by atoms with van der Waals surface area (Å²) in [6.45, 7) is 5.11. The van der Waals surface area contributed by atoms with Crippen LogP contribution < -0.4 is 0 Å². The van der Waals surface area contributed by atoms with Gasteiger partial charge in [0.05, 0.1) is 13.2 Å². The van der Waals surface area contributed by atoms with E-state index in [1.165, 1.54) is 40.1 Å². The van der Waals surface area contributed by atoms with Crippen molar-refractivity contribution in [3.63, 3.8) is 0 Å². The first-order chi connectivity index (χ1) is 11.4. The Morgan fingerprint density at radius 3 is 2.35 bits per heavy atom. The fourth-order valence-corrected chi connectivity index (χ4v) is 3.66. The molecule has 23 heavy (non-hydrogen) atoms. The summed E-state index contributed by atoms with van der Waals surface area (Å²) in [5.41, 5.74) is 1.48. The zero-order chi connectivity index (χ0) is 15.5. The Balaban J connectivity index is 1.60. The predicted molar refractivity (Wildman–Crippen MR) is 97.0 cm³/mol. The van der Waals surface area contributed by atoms with Gasteiger partial charge in [-0.2, -0.15) is 0 Å². The first-order valence-electron chi connectivity index (χ1n) is 8.61. The van der Waals surface area contributed by atoms with Crippen molar-refractivity contribution in [2.75, 3.05) is 32.8 Å². The van der Waals surface area contributed by atoms with Crippen LogP contribution in [-0.2, 0) is 11.2 Å². The van der Waals surface area contributed by atoms with E-state index in [1.807, 2.05) is 0 Å². The molecular weight excluding hydrogens is 282 g/mol. The van der Waals surface area contributed by atoms with Gasteiger partial charge in [0.1, 0.15) is 0 Å². The molecule has 2 heteroatoms. The van der Waals surface area contributed by atoms with Crippen molar-refractivity contribution in [1.29, 1.82) is 0 Å². The van der Waals surface area contributed by atoms with Crippen molar-refractivity contribution in [3.05, 3.63) is 60.2 Å². The predicted octanol–water partition coefficient (Wildman–Crippen LogP) is 4.26. The summed E-state index contributed by atoms with van der Waals surface area (Å²) >= 11 is 0. The molecule has 1 saturated heterocycles. The summed E-state index contributed by atoms with van der Waals surface area (Å²) in [6.07, 6.45) is 2.35. The van der Waals surface area contributed by atoms with Crippen LogP contribution in [0.3, 0.4) is 0 Å². The Bertz CT molecular complexity index is 805. The molecule has 0 atom stereocenters. The average molecular weight is 305 g/mol. The number of hydrogen-bond acceptors (Lipinski definition) is 2. The van der Waals surface area contributed by atoms with Gasteiger partial charge in [0.25, 0.3) is 0 Å². The van der Waals surface area contributed by atoms with Crippen molar-refractivity contribution >= 4 is 21.5 Å². The van der Waals surface area contributed by atoms with Gasteiger partial charge in [-0.15, -0.1) is 0 Å². The molecule has 0 radical (unpaired) electrons. The lowest BCUT2D eigenvalue weighted by atomic mass is 9.95. The lowest BCUT2D eigenvalue weighted by Crippen LogP contribution is -2.36. The number of aryl methyl sites for hydroxylation is 1. The molecule has 3 aromatic carbocycles. The van der Waals surface area contributed by atoms with Gasteiger partial charge in [0.2, 0.25) is 0 Å². The van der Waals surface area contributed by atoms with E-state index in [0.717, 1.165) is 32.7 Å². The topological polar surface area (TPSA) is 12.5 Å². The van der Waals surface area contributed by atoms with Crippen molar-refractivity contribution in [2.45, 2.75) is 12.8 Å². The van der Waals surface area contributed by atoms with E-state index in [9.17, 15) is 0 Å². The Hall–Kier alpha value is -1.90. The van der Waals surface area contributed by atoms with E-state index < -0.39 is 0 Å². The minimum absolute atomic E-state index is 0.888. The number of ether oxygens (including phenoxy) is 1. The molecule has 4 rings (SSSR count). The number of morpholine rings is 1. The molecule has 2 nitrogen and oxygen atoms in total. The minimum atomic E-state index is 0.888. The van der Waals surface area contributed by atoms with Crippen LogP contribution in [0.5, 0.6) is 0 Å². The second kappa shape index (κ2) is 6.69. The number of fused-ring (bicyclic) bond motifs is 3. The van der Waals surface area contributed by atoms with Crippen LogP contribution >= 0.6 is 0 Å². The molecular formula is C21H23NO. The highest BCUT2D eigenvalue weighted by Gasteiger charge is 2.11. The summed E-state index contributed by atoms with van der Waals surface area (Å²) < 4.78 is 5.43. The molecule has 0 saturated carbocycles. The Labute approximate surface area is 137 Å². The zero-order valence-corrected chi connectivity index (χ0v) is 13.5. The Morgan fingerprint density at radius 2 is 1.52 bits per heavy atom. The smallest absolute Gasteiger partial charge is 0.0594 e. The standard InChI is InChI=1S/C21H23NO/c1-2-8-19-17(6-1)16-18(20-9-3-4-10-21(19)20)7-5-11-22-12-14-23-15-13-22/h1-4,6,8-10,16H,5,7,11-15H2. The zero-order valence-electron chi connectivity index (χ0n) is 13.5. The highest BCUT2D eigenvalue weighted by Crippen LogP contribution is 2.29. The lowest BCUT2D eigenvalue weighted by molar-refractivity contribution is 0.0375. The maximum atomic E-state index is 5.43. The van der Waals surface area contributed by atoms with Crippen LogP contribution in [0.4, 0.5) is 0 Å². The second-order valence-electron chi connectivity index (χ2n) is 6.36. The first kappa shape index (κ1) is 14.7. The Morgan fingerprint density at radius 1 is 0.826 bits per heavy atom. The van der Waals surface area contributed by atoms with E-state index in [4.69, 9.17) is 4.74 Å². The van der Waals surface area contributed by atoms with Gasteiger partial charge in [-0.3, -0.25) is 4.90 Å². The van der Waals surface area contributed by atoms with Crippen LogP contribution in [0.25, 0.3) is 21.5 Å². The van der Waals surface area contributed by atoms with E-state index in [-0.39, 0.29) is 0 Å². The third-order valence-corrected chi connectivity index (χ3v) is 4.88. The van der Waals surface area contributed by atoms with Crippen LogP contribution in [0, 0.1) is 0 Å². The maximum Gasteiger partial charge on any atom is 0.0594 e. The SMILES string of the molecule is c1ccc2c(c1)cc(CCCN1CCOCC1)c1ccccc12. The summed E-state index contributed by atoms with van der Waals surface area (Å²) in [5, 5.41) is 5.51. The normalized spacial score (nSPS) is 16.2. The molecule has 1 aliphatic rings. The van der Waals surface area contributed by atoms with Gasteiger partial charge >= 0.3 is 0 Å². The van der Waals surface area contributed by atoms with Gasteiger partial charge in [-0.05, 0) is 46.5 Å². The van der Waals surface area contributed by atoms with Crippen LogP contribution in [0.15, 0.2) is 54.6 Å². The van der Waals surface area contributed by atoms with Gasteiger partial charge in [0.15, 0.2) is 0 Å². The maximum absolute atomic E-state index is 5.43. The van der Waals surface area contributed by atoms with E-state index in [2.05, 4.69) is 59.5 Å². The molecule has 0 amide bonds. The largest absolute Gasteiger partial charge is 0.379 e. The molecule has 1 heterocycles. The highest BCUT2D eigenvalue weighted by atomic mass is 16.5. The second-order valence-corrected chi connectivity index (χ2v) is 6.36. The van der Waals surface area contributed by atoms with Crippen LogP contribution in [0.1, 0.15) is 12.0 Å². The first-order valence-corrected chi connectivity index (χ1v) is 8.61. The number of nitrogens with zero attached hydrogens (tertiary/aromatic N) is 1. The molecule has 0 aliphatic carbocycles. The van der Waals surface area contributed by atoms with Crippen molar-refractivity contribution in [2.24, 2.45) is 0 Å². The van der Waals surface area contributed by atoms with Gasteiger partial charge in [-0.25, -0.2) is 0 Å². The van der Waals surface area contributed by atoms with Crippen molar-refractivity contribution in [3.8, 4) is 0 Å². The fourth-order valence-electron chi connectivity index (χ4n) is 3.66. The van der Waals surface area contributed by atoms with Gasteiger partial charge in [-0.1, -0.05) is 54.6 Å². The lowest BCUT2D eigenvalue weighted by Gasteiger charge is -2.26. The molecule has 1 aliphatic heterocycles. The number of benzene rings is 3. The van der Waals surface area contributed by atoms with Crippen LogP contribution in [-0.4, -0.2) is 37.7 Å². The summed E-state index contributed by atoms with van der Waals surface area (Å²) in [7, 11) is 0. The highest BCUT2D eigenvalue weighted by molar-refractivity contribution is 6.08. The molecule has 0 N–H and O–H groups in total. The summed E-state index contributed by atoms with van der Waals surface area (Å²) in [4.78, 5) is 2.52. The monoisotopic (exact) mass is 305 g/mol. The number of rotatable bonds is 4. The molecule has 0 bridgehead atoms. The van der Waals surface area contributed by atoms with E-state index >= 15 is 0 Å². The third kappa shape index (κ3) is 3.10.